The van der Waals surface area contributed by atoms with E-state index in [4.69, 9.17) is 34.4 Å². The summed E-state index contributed by atoms with van der Waals surface area (Å²) in [7, 11) is 2.07. The average Bonchev–Trinajstić information content (AvgIpc) is 3.87. The Morgan fingerprint density at radius 3 is 2.09 bits per heavy atom. The Labute approximate surface area is 447 Å². The number of rotatable bonds is 20. The third kappa shape index (κ3) is 19.5. The van der Waals surface area contributed by atoms with Crippen LogP contribution in [0.5, 0.6) is 0 Å². The monoisotopic (exact) mass is 1100 g/mol. The molecular weight excluding hydrogens is 1030 g/mol. The molecule has 76 heavy (non-hydrogen) atoms. The lowest BCUT2D eigenvalue weighted by Gasteiger charge is -2.31. The minimum absolute atomic E-state index is 0.0253. The van der Waals surface area contributed by atoms with E-state index in [0.717, 1.165) is 32.4 Å². The van der Waals surface area contributed by atoms with Crippen molar-refractivity contribution in [3.63, 3.8) is 0 Å². The topological polar surface area (TPSA) is 444 Å². The summed E-state index contributed by atoms with van der Waals surface area (Å²) in [5.41, 5.74) is 34.1. The Kier molecular flexibility index (Phi) is 24.5. The van der Waals surface area contributed by atoms with Crippen LogP contribution in [0.2, 0.25) is 0 Å². The van der Waals surface area contributed by atoms with Crippen LogP contribution in [-0.2, 0) is 59.2 Å². The predicted octanol–water partition coefficient (Wildman–Crippen LogP) is -3.76. The molecular formula is C48H71N15O11S2. The van der Waals surface area contributed by atoms with Crippen molar-refractivity contribution in [2.75, 3.05) is 31.1 Å². The van der Waals surface area contributed by atoms with Crippen molar-refractivity contribution in [1.29, 1.82) is 0 Å². The molecule has 28 heteroatoms. The standard InChI is InChI=1S/C48H71N15O11S2/c1-3-25(2)39-46(73)58-31(15-16-36(50)64)42(69)60-33(21-37(51)65)43(70)61-34(24-76-75-23-29(49)40(67)59-32(44(71)62-39)20-26-13-14-27-9-4-5-10-28(27)19-26)47(74)63-18-8-12-35(63)45(72)57-30(41(68)56-22-38(52)66)11-6-7-17-55-48(53)54/h4-5,9-10,13-14,19,25,29-35,39H,3,6-8,11-12,15-18,20-24,49H2,1-2H3,(H2,50,64)(H2,51,65)(H2,52,66)(H,56,68)(H,57,72)(H,58,73)(H,59,67)(H,60,69)(H,61,70)(H,62,71)(H4,53,54,55)/t25-,29-,30+,31-,32-,33-,34-,35-,39-/m0/s1. The number of nitrogens with zero attached hydrogens (tertiary/aromatic N) is 2. The Morgan fingerprint density at radius 2 is 1.42 bits per heavy atom. The number of fused-ring (bicyclic) bond motifs is 1. The number of benzene rings is 2. The Balaban J connectivity index is 1.69. The van der Waals surface area contributed by atoms with E-state index >= 15 is 0 Å². The van der Waals surface area contributed by atoms with Crippen LogP contribution in [0.25, 0.3) is 10.8 Å². The number of primary amides is 3. The molecule has 2 aliphatic rings. The number of carbonyl (C=O) groups is 11. The summed E-state index contributed by atoms with van der Waals surface area (Å²) >= 11 is 0. The number of hydrogen-bond acceptors (Lipinski definition) is 15. The van der Waals surface area contributed by atoms with Crippen molar-refractivity contribution in [3.05, 3.63) is 48.0 Å². The smallest absolute Gasteiger partial charge is 0.246 e. The van der Waals surface area contributed by atoms with Gasteiger partial charge in [0.2, 0.25) is 65.0 Å². The largest absolute Gasteiger partial charge is 0.370 e. The first-order valence-corrected chi connectivity index (χ1v) is 27.4. The van der Waals surface area contributed by atoms with Crippen LogP contribution in [0.1, 0.15) is 77.2 Å². The fourth-order valence-electron chi connectivity index (χ4n) is 8.31. The molecule has 4 rings (SSSR count). The molecule has 0 aromatic heterocycles. The van der Waals surface area contributed by atoms with Gasteiger partial charge in [0.15, 0.2) is 5.96 Å². The highest BCUT2D eigenvalue weighted by Crippen LogP contribution is 2.26. The van der Waals surface area contributed by atoms with E-state index in [2.05, 4.69) is 42.2 Å². The normalized spacial score (nSPS) is 23.0. The molecule has 9 atom stereocenters. The zero-order valence-corrected chi connectivity index (χ0v) is 44.1. The summed E-state index contributed by atoms with van der Waals surface area (Å²) in [6, 6.07) is 2.07. The minimum Gasteiger partial charge on any atom is -0.370 e. The summed E-state index contributed by atoms with van der Waals surface area (Å²) < 4.78 is 0. The van der Waals surface area contributed by atoms with Gasteiger partial charge in [-0.1, -0.05) is 84.3 Å². The van der Waals surface area contributed by atoms with E-state index in [1.165, 1.54) is 4.90 Å². The van der Waals surface area contributed by atoms with Crippen molar-refractivity contribution in [1.82, 2.24) is 42.1 Å². The number of aliphatic imine (C=N–C) groups is 1. The van der Waals surface area contributed by atoms with Gasteiger partial charge in [0, 0.05) is 37.4 Å². The summed E-state index contributed by atoms with van der Waals surface area (Å²) in [6.45, 7) is 3.19. The fraction of sp³-hybridized carbons (Fsp3) is 0.542. The highest BCUT2D eigenvalue weighted by Gasteiger charge is 2.41. The first kappa shape index (κ1) is 61.3. The van der Waals surface area contributed by atoms with Crippen LogP contribution in [-0.4, -0.2) is 155 Å². The van der Waals surface area contributed by atoms with Gasteiger partial charge in [-0.2, -0.15) is 0 Å². The van der Waals surface area contributed by atoms with Crippen molar-refractivity contribution < 1.29 is 52.7 Å². The van der Waals surface area contributed by atoms with Gasteiger partial charge in [0.05, 0.1) is 19.0 Å². The highest BCUT2D eigenvalue weighted by atomic mass is 33.1. The van der Waals surface area contributed by atoms with Crippen LogP contribution in [0.15, 0.2) is 47.5 Å². The maximum absolute atomic E-state index is 14.6. The molecule has 2 fully saturated rings. The summed E-state index contributed by atoms with van der Waals surface area (Å²) in [5, 5.41) is 19.9. The third-order valence-corrected chi connectivity index (χ3v) is 15.1. The van der Waals surface area contributed by atoms with Gasteiger partial charge in [-0.25, -0.2) is 0 Å². The number of hydrogen-bond donors (Lipinski definition) is 13. The van der Waals surface area contributed by atoms with E-state index in [1.54, 1.807) is 19.9 Å². The molecule has 11 amide bonds. The minimum atomic E-state index is -1.76. The van der Waals surface area contributed by atoms with Crippen molar-refractivity contribution >= 4 is 103 Å². The number of nitrogens with one attached hydrogen (secondary N) is 7. The van der Waals surface area contributed by atoms with Crippen molar-refractivity contribution in [2.24, 2.45) is 45.3 Å². The third-order valence-electron chi connectivity index (χ3n) is 12.7. The van der Waals surface area contributed by atoms with Gasteiger partial charge in [0.1, 0.15) is 42.3 Å². The van der Waals surface area contributed by atoms with Crippen molar-refractivity contribution in [2.45, 2.75) is 126 Å². The number of likely N-dealkylation sites (tertiary alicyclic amines) is 1. The molecule has 0 saturated carbocycles. The molecule has 0 unspecified atom stereocenters. The van der Waals surface area contributed by atoms with Gasteiger partial charge in [-0.15, -0.1) is 0 Å². The van der Waals surface area contributed by atoms with Crippen LogP contribution in [0.3, 0.4) is 0 Å². The van der Waals surface area contributed by atoms with Gasteiger partial charge in [-0.3, -0.25) is 57.7 Å². The maximum Gasteiger partial charge on any atom is 0.246 e. The Morgan fingerprint density at radius 1 is 0.763 bits per heavy atom. The molecule has 0 spiro atoms. The van der Waals surface area contributed by atoms with E-state index in [1.807, 2.05) is 36.4 Å². The van der Waals surface area contributed by atoms with Crippen molar-refractivity contribution in [3.8, 4) is 0 Å². The fourth-order valence-corrected chi connectivity index (χ4v) is 10.6. The first-order valence-electron chi connectivity index (χ1n) is 24.9. The molecule has 0 radical (unpaired) electrons. The van der Waals surface area contributed by atoms with Crippen LogP contribution < -0.4 is 71.6 Å². The molecule has 416 valence electrons. The first-order chi connectivity index (χ1) is 36.1. The number of carbonyl (C=O) groups excluding carboxylic acids is 11. The zero-order valence-electron chi connectivity index (χ0n) is 42.5. The van der Waals surface area contributed by atoms with Crippen LogP contribution >= 0.6 is 21.6 Å². The molecule has 2 aromatic carbocycles. The number of nitrogens with two attached hydrogens (primary N) is 6. The lowest BCUT2D eigenvalue weighted by Crippen LogP contribution is -2.61. The van der Waals surface area contributed by atoms with E-state index < -0.39 is 145 Å². The lowest BCUT2D eigenvalue weighted by atomic mass is 9.96. The predicted molar refractivity (Wildman–Crippen MR) is 285 cm³/mol. The molecule has 26 nitrogen and oxygen atoms in total. The molecule has 0 bridgehead atoms. The average molecular weight is 1100 g/mol. The van der Waals surface area contributed by atoms with E-state index in [9.17, 15) is 52.7 Å². The maximum atomic E-state index is 14.6. The lowest BCUT2D eigenvalue weighted by molar-refractivity contribution is -0.142. The zero-order chi connectivity index (χ0) is 56.1. The Bertz CT molecular complexity index is 2480. The van der Waals surface area contributed by atoms with Crippen LogP contribution in [0, 0.1) is 5.92 Å². The van der Waals surface area contributed by atoms with Gasteiger partial charge >= 0.3 is 0 Å². The van der Waals surface area contributed by atoms with E-state index in [0.29, 0.717) is 31.2 Å². The van der Waals surface area contributed by atoms with Gasteiger partial charge < -0.3 is 76.5 Å². The number of guanidine groups is 1. The summed E-state index contributed by atoms with van der Waals surface area (Å²) in [6.07, 6.45) is 0.0250. The van der Waals surface area contributed by atoms with Gasteiger partial charge in [0.25, 0.3) is 0 Å². The summed E-state index contributed by atoms with van der Waals surface area (Å²) in [5.74, 6) is -10.4. The SMILES string of the molecule is CC[C@H](C)[C@@H]1NC(=O)[C@H](Cc2ccc3ccccc3c2)NC(=O)[C@@H](N)CSSC[C@@H](C(=O)N2CCC[C@H]2C(=O)N[C@H](CCCCN=C(N)N)C(=O)NCC(N)=O)NC(=O)[C@H](CC(N)=O)NC(=O)[C@H](CCC(N)=O)NC1=O. The van der Waals surface area contributed by atoms with Gasteiger partial charge in [-0.05, 0) is 60.8 Å². The summed E-state index contributed by atoms with van der Waals surface area (Å²) in [4.78, 5) is 154. The molecule has 0 aliphatic carbocycles. The molecule has 2 aromatic rings. The second-order valence-electron chi connectivity index (χ2n) is 18.6. The van der Waals surface area contributed by atoms with Crippen LogP contribution in [0.4, 0.5) is 0 Å². The second kappa shape index (κ2) is 30.4. The molecule has 2 aliphatic heterocycles. The molecule has 2 saturated heterocycles. The Hall–Kier alpha value is -7.20. The second-order valence-corrected chi connectivity index (χ2v) is 21.1. The number of amides is 11. The molecule has 2 heterocycles. The highest BCUT2D eigenvalue weighted by molar-refractivity contribution is 8.76. The van der Waals surface area contributed by atoms with E-state index in [-0.39, 0.29) is 49.8 Å². The number of unbranched alkanes of at least 4 members (excludes halogenated alkanes) is 1. The quantitative estimate of drug-likeness (QED) is 0.0262. The molecule has 19 N–H and O–H groups in total.